The fourth-order valence-electron chi connectivity index (χ4n) is 1.98. The molecule has 21 heavy (non-hydrogen) atoms. The minimum absolute atomic E-state index is 0.0545. The summed E-state index contributed by atoms with van der Waals surface area (Å²) in [5.41, 5.74) is 1.77. The maximum Gasteiger partial charge on any atom is 0.312 e. The van der Waals surface area contributed by atoms with E-state index >= 15 is 0 Å². The van der Waals surface area contributed by atoms with E-state index in [1.54, 1.807) is 25.1 Å². The first-order valence-electron chi connectivity index (χ1n) is 6.37. The van der Waals surface area contributed by atoms with Crippen LogP contribution in [-0.2, 0) is 6.54 Å². The molecule has 0 aromatic heterocycles. The molecule has 0 aliphatic heterocycles. The van der Waals surface area contributed by atoms with Gasteiger partial charge in [-0.15, -0.1) is 0 Å². The van der Waals surface area contributed by atoms with Gasteiger partial charge in [-0.25, -0.2) is 0 Å². The maximum absolute atomic E-state index is 11.2. The van der Waals surface area contributed by atoms with Crippen molar-refractivity contribution in [2.45, 2.75) is 13.5 Å². The van der Waals surface area contributed by atoms with E-state index in [-0.39, 0.29) is 11.4 Å². The van der Waals surface area contributed by atoms with Crippen molar-refractivity contribution in [3.63, 3.8) is 0 Å². The van der Waals surface area contributed by atoms with E-state index < -0.39 is 4.92 Å². The summed E-state index contributed by atoms with van der Waals surface area (Å²) < 4.78 is 6.36. The quantitative estimate of drug-likeness (QED) is 0.648. The molecule has 0 saturated carbocycles. The molecule has 0 aliphatic carbocycles. The van der Waals surface area contributed by atoms with E-state index in [1.807, 2.05) is 19.2 Å². The Balaban J connectivity index is 2.32. The molecule has 2 aromatic carbocycles. The molecule has 0 bridgehead atoms. The summed E-state index contributed by atoms with van der Waals surface area (Å²) in [6.07, 6.45) is 0. The number of hydrogen-bond donors (Lipinski definition) is 1. The summed E-state index contributed by atoms with van der Waals surface area (Å²) in [6, 6.07) is 10.7. The van der Waals surface area contributed by atoms with E-state index in [9.17, 15) is 10.1 Å². The van der Waals surface area contributed by atoms with Gasteiger partial charge in [0.2, 0.25) is 5.75 Å². The molecule has 0 aliphatic rings. The molecule has 0 amide bonds. The standard InChI is InChI=1S/C15H15BrN2O3/c1-10-7-12(16)8-14(18(19)20)15(10)21-13-5-3-11(4-6-13)9-17-2/h3-8,17H,9H2,1-2H3. The molecule has 0 fully saturated rings. The Bertz CT molecular complexity index is 657. The summed E-state index contributed by atoms with van der Waals surface area (Å²) in [5.74, 6) is 0.841. The Labute approximate surface area is 131 Å². The van der Waals surface area contributed by atoms with Gasteiger partial charge in [0.05, 0.1) is 4.92 Å². The molecule has 2 rings (SSSR count). The highest BCUT2D eigenvalue weighted by molar-refractivity contribution is 9.10. The number of nitro benzene ring substituents is 1. The van der Waals surface area contributed by atoms with E-state index in [1.165, 1.54) is 6.07 Å². The van der Waals surface area contributed by atoms with Crippen molar-refractivity contribution in [1.82, 2.24) is 5.32 Å². The fourth-order valence-corrected chi connectivity index (χ4v) is 2.54. The average Bonchev–Trinajstić information content (AvgIpc) is 2.43. The Morgan fingerprint density at radius 1 is 1.29 bits per heavy atom. The van der Waals surface area contributed by atoms with Crippen molar-refractivity contribution < 1.29 is 9.66 Å². The van der Waals surface area contributed by atoms with Crippen LogP contribution in [0, 0.1) is 17.0 Å². The number of nitrogens with one attached hydrogen (secondary N) is 1. The van der Waals surface area contributed by atoms with Crippen LogP contribution in [0.1, 0.15) is 11.1 Å². The second-order valence-corrected chi connectivity index (χ2v) is 5.52. The summed E-state index contributed by atoms with van der Waals surface area (Å²) in [4.78, 5) is 10.7. The first-order valence-corrected chi connectivity index (χ1v) is 7.16. The predicted octanol–water partition coefficient (Wildman–Crippen LogP) is 4.18. The monoisotopic (exact) mass is 350 g/mol. The van der Waals surface area contributed by atoms with Gasteiger partial charge in [-0.2, -0.15) is 0 Å². The minimum atomic E-state index is -0.442. The maximum atomic E-state index is 11.2. The molecule has 1 N–H and O–H groups in total. The number of aryl methyl sites for hydroxylation is 1. The van der Waals surface area contributed by atoms with Gasteiger partial charge < -0.3 is 10.1 Å². The number of nitrogens with zero attached hydrogens (tertiary/aromatic N) is 1. The first kappa shape index (κ1) is 15.5. The lowest BCUT2D eigenvalue weighted by atomic mass is 10.2. The van der Waals surface area contributed by atoms with Gasteiger partial charge in [-0.1, -0.05) is 28.1 Å². The van der Waals surface area contributed by atoms with Crippen LogP contribution < -0.4 is 10.1 Å². The molecule has 5 nitrogen and oxygen atoms in total. The van der Waals surface area contributed by atoms with Crippen molar-refractivity contribution in [3.8, 4) is 11.5 Å². The average molecular weight is 351 g/mol. The van der Waals surface area contributed by atoms with Gasteiger partial charge in [-0.3, -0.25) is 10.1 Å². The number of nitro groups is 1. The lowest BCUT2D eigenvalue weighted by Crippen LogP contribution is -2.04. The number of halogens is 1. The molecule has 0 saturated heterocycles. The second-order valence-electron chi connectivity index (χ2n) is 4.60. The third kappa shape index (κ3) is 3.80. The van der Waals surface area contributed by atoms with Crippen LogP contribution in [0.25, 0.3) is 0 Å². The Kier molecular flexibility index (Phi) is 4.93. The van der Waals surface area contributed by atoms with Gasteiger partial charge >= 0.3 is 5.69 Å². The molecule has 0 unspecified atom stereocenters. The third-order valence-electron chi connectivity index (χ3n) is 2.94. The zero-order valence-electron chi connectivity index (χ0n) is 11.7. The van der Waals surface area contributed by atoms with Crippen molar-refractivity contribution in [1.29, 1.82) is 0 Å². The van der Waals surface area contributed by atoms with Crippen molar-refractivity contribution in [2.24, 2.45) is 0 Å². The molecule has 110 valence electrons. The molecule has 0 atom stereocenters. The first-order chi connectivity index (χ1) is 10.0. The Hall–Kier alpha value is -1.92. The van der Waals surface area contributed by atoms with Gasteiger partial charge in [0.1, 0.15) is 5.75 Å². The zero-order valence-corrected chi connectivity index (χ0v) is 13.3. The molecule has 0 spiro atoms. The highest BCUT2D eigenvalue weighted by Gasteiger charge is 2.19. The van der Waals surface area contributed by atoms with E-state index in [0.717, 1.165) is 12.1 Å². The fraction of sp³-hybridized carbons (Fsp3) is 0.200. The van der Waals surface area contributed by atoms with Crippen LogP contribution in [0.2, 0.25) is 0 Å². The van der Waals surface area contributed by atoms with E-state index in [2.05, 4.69) is 21.2 Å². The minimum Gasteiger partial charge on any atom is -0.450 e. The Morgan fingerprint density at radius 3 is 2.52 bits per heavy atom. The number of benzene rings is 2. The van der Waals surface area contributed by atoms with Crippen LogP contribution in [0.3, 0.4) is 0 Å². The van der Waals surface area contributed by atoms with E-state index in [4.69, 9.17) is 4.74 Å². The van der Waals surface area contributed by atoms with Crippen LogP contribution in [0.15, 0.2) is 40.9 Å². The summed E-state index contributed by atoms with van der Waals surface area (Å²) in [5, 5.41) is 14.2. The van der Waals surface area contributed by atoms with E-state index in [0.29, 0.717) is 15.8 Å². The summed E-state index contributed by atoms with van der Waals surface area (Å²) in [7, 11) is 1.87. The van der Waals surface area contributed by atoms with Gasteiger partial charge in [-0.05, 0) is 43.3 Å². The molecule has 0 radical (unpaired) electrons. The zero-order chi connectivity index (χ0) is 15.4. The highest BCUT2D eigenvalue weighted by Crippen LogP contribution is 2.37. The second kappa shape index (κ2) is 6.69. The lowest BCUT2D eigenvalue weighted by molar-refractivity contribution is -0.385. The lowest BCUT2D eigenvalue weighted by Gasteiger charge is -2.10. The highest BCUT2D eigenvalue weighted by atomic mass is 79.9. The molecular weight excluding hydrogens is 336 g/mol. The topological polar surface area (TPSA) is 64.4 Å². The van der Waals surface area contributed by atoms with Crippen LogP contribution >= 0.6 is 15.9 Å². The van der Waals surface area contributed by atoms with Crippen LogP contribution in [0.5, 0.6) is 11.5 Å². The number of hydrogen-bond acceptors (Lipinski definition) is 4. The molecular formula is C15H15BrN2O3. The van der Waals surface area contributed by atoms with Gasteiger partial charge in [0.25, 0.3) is 0 Å². The van der Waals surface area contributed by atoms with Crippen molar-refractivity contribution in [2.75, 3.05) is 7.05 Å². The Morgan fingerprint density at radius 2 is 1.95 bits per heavy atom. The SMILES string of the molecule is CNCc1ccc(Oc2c(C)cc(Br)cc2[N+](=O)[O-])cc1. The molecule has 2 aromatic rings. The number of rotatable bonds is 5. The van der Waals surface area contributed by atoms with Crippen LogP contribution in [0.4, 0.5) is 5.69 Å². The normalized spacial score (nSPS) is 10.4. The molecule has 0 heterocycles. The van der Waals surface area contributed by atoms with Gasteiger partial charge in [0, 0.05) is 17.1 Å². The molecule has 6 heteroatoms. The van der Waals surface area contributed by atoms with Crippen molar-refractivity contribution >= 4 is 21.6 Å². The predicted molar refractivity (Wildman–Crippen MR) is 84.8 cm³/mol. The largest absolute Gasteiger partial charge is 0.450 e. The third-order valence-corrected chi connectivity index (χ3v) is 3.40. The summed E-state index contributed by atoms with van der Waals surface area (Å²) in [6.45, 7) is 2.54. The smallest absolute Gasteiger partial charge is 0.312 e. The number of ether oxygens (including phenoxy) is 1. The van der Waals surface area contributed by atoms with Crippen LogP contribution in [-0.4, -0.2) is 12.0 Å². The van der Waals surface area contributed by atoms with Gasteiger partial charge in [0.15, 0.2) is 0 Å². The summed E-state index contributed by atoms with van der Waals surface area (Å²) >= 11 is 3.26. The van der Waals surface area contributed by atoms with Crippen molar-refractivity contribution in [3.05, 3.63) is 62.1 Å².